The highest BCUT2D eigenvalue weighted by Crippen LogP contribution is 2.45. The second-order valence-electron chi connectivity index (χ2n) is 7.03. The maximum Gasteiger partial charge on any atom is 0.329 e. The standard InChI is InChI=1S/C19H32NO4P/c1-2-3-4-5-6-7-13-24-18-10-8-9-17(14-18)15-20-12-11-19(16-20)25(21,22)23/h8-10,14,19H,2-7,11-13,15-16H2,1H3,(H2,21,22,23). The molecule has 142 valence electrons. The molecule has 0 radical (unpaired) electrons. The highest BCUT2D eigenvalue weighted by Gasteiger charge is 2.35. The maximum atomic E-state index is 11.4. The van der Waals surface area contributed by atoms with Gasteiger partial charge in [0.1, 0.15) is 5.75 Å². The Kier molecular flexibility index (Phi) is 8.44. The molecule has 0 aromatic heterocycles. The van der Waals surface area contributed by atoms with Crippen LogP contribution in [0.3, 0.4) is 0 Å². The molecule has 0 spiro atoms. The molecule has 1 aliphatic heterocycles. The molecule has 5 nitrogen and oxygen atoms in total. The van der Waals surface area contributed by atoms with Gasteiger partial charge in [-0.15, -0.1) is 0 Å². The van der Waals surface area contributed by atoms with Crippen molar-refractivity contribution in [1.29, 1.82) is 0 Å². The summed E-state index contributed by atoms with van der Waals surface area (Å²) in [6.07, 6.45) is 8.07. The van der Waals surface area contributed by atoms with Crippen molar-refractivity contribution in [3.05, 3.63) is 29.8 Å². The molecular weight excluding hydrogens is 337 g/mol. The Morgan fingerprint density at radius 3 is 2.68 bits per heavy atom. The number of hydrogen-bond donors (Lipinski definition) is 2. The summed E-state index contributed by atoms with van der Waals surface area (Å²) >= 11 is 0. The van der Waals surface area contributed by atoms with Gasteiger partial charge in [0.05, 0.1) is 12.3 Å². The zero-order valence-corrected chi connectivity index (χ0v) is 16.2. The summed E-state index contributed by atoms with van der Waals surface area (Å²) in [5.41, 5.74) is 0.617. The molecule has 0 saturated carbocycles. The summed E-state index contributed by atoms with van der Waals surface area (Å²) < 4.78 is 17.2. The predicted molar refractivity (Wildman–Crippen MR) is 101 cm³/mol. The van der Waals surface area contributed by atoms with E-state index in [2.05, 4.69) is 11.8 Å². The third kappa shape index (κ3) is 7.49. The molecule has 2 rings (SSSR count). The average molecular weight is 369 g/mol. The number of nitrogens with zero attached hydrogens (tertiary/aromatic N) is 1. The van der Waals surface area contributed by atoms with E-state index in [1.807, 2.05) is 24.3 Å². The normalized spacial score (nSPS) is 18.6. The zero-order valence-electron chi connectivity index (χ0n) is 15.3. The summed E-state index contributed by atoms with van der Waals surface area (Å²) in [5, 5.41) is 0. The average Bonchev–Trinajstić information content (AvgIpc) is 3.03. The molecule has 1 unspecified atom stereocenters. The molecule has 1 aromatic carbocycles. The molecule has 25 heavy (non-hydrogen) atoms. The molecule has 1 atom stereocenters. The van der Waals surface area contributed by atoms with Crippen LogP contribution in [-0.2, 0) is 11.1 Å². The molecule has 1 saturated heterocycles. The van der Waals surface area contributed by atoms with Crippen LogP contribution in [0.1, 0.15) is 57.4 Å². The smallest absolute Gasteiger partial charge is 0.329 e. The topological polar surface area (TPSA) is 70.0 Å². The molecule has 0 aliphatic carbocycles. The zero-order chi connectivity index (χ0) is 18.1. The fraction of sp³-hybridized carbons (Fsp3) is 0.684. The fourth-order valence-corrected chi connectivity index (χ4v) is 4.19. The van der Waals surface area contributed by atoms with Crippen LogP contribution in [0.4, 0.5) is 0 Å². The van der Waals surface area contributed by atoms with Crippen molar-refractivity contribution in [2.45, 2.75) is 64.1 Å². The van der Waals surface area contributed by atoms with Crippen molar-refractivity contribution in [1.82, 2.24) is 4.90 Å². The van der Waals surface area contributed by atoms with Gasteiger partial charge in [0.15, 0.2) is 0 Å². The van der Waals surface area contributed by atoms with Gasteiger partial charge in [0.25, 0.3) is 0 Å². The second-order valence-corrected chi connectivity index (χ2v) is 8.94. The van der Waals surface area contributed by atoms with E-state index in [9.17, 15) is 14.4 Å². The number of rotatable bonds is 11. The molecule has 6 heteroatoms. The molecular formula is C19H32NO4P. The highest BCUT2D eigenvalue weighted by molar-refractivity contribution is 7.52. The first-order valence-corrected chi connectivity index (χ1v) is 11.2. The summed E-state index contributed by atoms with van der Waals surface area (Å²) in [6, 6.07) is 8.05. The lowest BCUT2D eigenvalue weighted by Gasteiger charge is -2.17. The van der Waals surface area contributed by atoms with Gasteiger partial charge in [-0.3, -0.25) is 9.46 Å². The Morgan fingerprint density at radius 2 is 1.96 bits per heavy atom. The van der Waals surface area contributed by atoms with Gasteiger partial charge in [-0.25, -0.2) is 0 Å². The Balaban J connectivity index is 1.71. The van der Waals surface area contributed by atoms with Gasteiger partial charge < -0.3 is 14.5 Å². The Bertz CT molecular complexity index is 560. The van der Waals surface area contributed by atoms with E-state index >= 15 is 0 Å². The molecule has 0 amide bonds. The van der Waals surface area contributed by atoms with Crippen molar-refractivity contribution >= 4 is 7.60 Å². The lowest BCUT2D eigenvalue weighted by Crippen LogP contribution is -2.21. The first kappa shape index (κ1) is 20.4. The van der Waals surface area contributed by atoms with Gasteiger partial charge in [-0.05, 0) is 37.1 Å². The van der Waals surface area contributed by atoms with Gasteiger partial charge in [0.2, 0.25) is 0 Å². The minimum atomic E-state index is -3.96. The highest BCUT2D eigenvalue weighted by atomic mass is 31.2. The molecule has 1 aliphatic rings. The van der Waals surface area contributed by atoms with Crippen LogP contribution in [0.2, 0.25) is 0 Å². The second kappa shape index (κ2) is 10.3. The lowest BCUT2D eigenvalue weighted by molar-refractivity contribution is 0.301. The SMILES string of the molecule is CCCCCCCCOc1cccc(CN2CCC(P(=O)(O)O)C2)c1. The maximum absolute atomic E-state index is 11.4. The molecule has 1 heterocycles. The third-order valence-corrected chi connectivity index (χ3v) is 6.17. The summed E-state index contributed by atoms with van der Waals surface area (Å²) in [5.74, 6) is 0.886. The Hall–Kier alpha value is -0.870. The van der Waals surface area contributed by atoms with Crippen LogP contribution >= 0.6 is 7.60 Å². The molecule has 1 fully saturated rings. The number of benzene rings is 1. The lowest BCUT2D eigenvalue weighted by atomic mass is 10.1. The molecule has 2 N–H and O–H groups in total. The monoisotopic (exact) mass is 369 g/mol. The van der Waals surface area contributed by atoms with E-state index in [1.165, 1.54) is 32.1 Å². The van der Waals surface area contributed by atoms with E-state index in [-0.39, 0.29) is 0 Å². The predicted octanol–water partition coefficient (Wildman–Crippen LogP) is 4.18. The van der Waals surface area contributed by atoms with Gasteiger partial charge in [-0.1, -0.05) is 51.2 Å². The summed E-state index contributed by atoms with van der Waals surface area (Å²) in [7, 11) is -3.96. The number of likely N-dealkylation sites (tertiary alicyclic amines) is 1. The van der Waals surface area contributed by atoms with Crippen LogP contribution < -0.4 is 4.74 Å². The number of ether oxygens (including phenoxy) is 1. The van der Waals surface area contributed by atoms with Gasteiger partial charge in [0, 0.05) is 13.1 Å². The van der Waals surface area contributed by atoms with Crippen LogP contribution in [0.15, 0.2) is 24.3 Å². The quantitative estimate of drug-likeness (QED) is 0.452. The largest absolute Gasteiger partial charge is 0.494 e. The Morgan fingerprint density at radius 1 is 1.20 bits per heavy atom. The summed E-state index contributed by atoms with van der Waals surface area (Å²) in [6.45, 7) is 4.89. The first-order valence-electron chi connectivity index (χ1n) is 9.48. The minimum Gasteiger partial charge on any atom is -0.494 e. The Labute approximate surface area is 151 Å². The van der Waals surface area contributed by atoms with E-state index in [1.54, 1.807) is 0 Å². The number of unbranched alkanes of at least 4 members (excludes halogenated alkanes) is 5. The number of hydrogen-bond acceptors (Lipinski definition) is 3. The van der Waals surface area contributed by atoms with Crippen LogP contribution in [0, 0.1) is 0 Å². The van der Waals surface area contributed by atoms with Crippen molar-refractivity contribution in [3.8, 4) is 5.75 Å². The van der Waals surface area contributed by atoms with Crippen molar-refractivity contribution in [2.24, 2.45) is 0 Å². The third-order valence-electron chi connectivity index (χ3n) is 4.79. The van der Waals surface area contributed by atoms with E-state index < -0.39 is 13.3 Å². The van der Waals surface area contributed by atoms with Gasteiger partial charge in [-0.2, -0.15) is 0 Å². The van der Waals surface area contributed by atoms with Crippen LogP contribution in [0.5, 0.6) is 5.75 Å². The molecule has 1 aromatic rings. The minimum absolute atomic E-state index is 0.465. The van der Waals surface area contributed by atoms with Crippen LogP contribution in [-0.4, -0.2) is 40.0 Å². The van der Waals surface area contributed by atoms with Crippen molar-refractivity contribution in [3.63, 3.8) is 0 Å². The first-order chi connectivity index (χ1) is 12.0. The van der Waals surface area contributed by atoms with E-state index in [0.29, 0.717) is 19.5 Å². The van der Waals surface area contributed by atoms with Crippen LogP contribution in [0.25, 0.3) is 0 Å². The fourth-order valence-electron chi connectivity index (χ4n) is 3.29. The van der Waals surface area contributed by atoms with Gasteiger partial charge >= 0.3 is 7.60 Å². The van der Waals surface area contributed by atoms with Crippen molar-refractivity contribution < 1.29 is 19.1 Å². The molecule has 0 bridgehead atoms. The van der Waals surface area contributed by atoms with Crippen molar-refractivity contribution in [2.75, 3.05) is 19.7 Å². The van der Waals surface area contributed by atoms with E-state index in [0.717, 1.165) is 30.9 Å². The summed E-state index contributed by atoms with van der Waals surface area (Å²) in [4.78, 5) is 20.7. The van der Waals surface area contributed by atoms with E-state index in [4.69, 9.17) is 4.74 Å².